The van der Waals surface area contributed by atoms with Crippen molar-refractivity contribution in [1.82, 2.24) is 5.01 Å². The molecule has 0 fully saturated rings. The molecule has 2 aliphatic heterocycles. The summed E-state index contributed by atoms with van der Waals surface area (Å²) in [6, 6.07) is 14.3. The average Bonchev–Trinajstić information content (AvgIpc) is 3.30. The second kappa shape index (κ2) is 8.00. The molecule has 0 saturated carbocycles. The maximum absolute atomic E-state index is 12.3. The number of allylic oxidation sites excluding steroid dienone is 1. The van der Waals surface area contributed by atoms with Gasteiger partial charge in [-0.3, -0.25) is 0 Å². The van der Waals surface area contributed by atoms with Gasteiger partial charge >= 0.3 is 0 Å². The number of sulfonamides is 1. The van der Waals surface area contributed by atoms with Crippen LogP contribution < -0.4 is 9.47 Å². The fourth-order valence-corrected chi connectivity index (χ4v) is 4.32. The molecule has 4 rings (SSSR count). The molecule has 0 aliphatic carbocycles. The Morgan fingerprint density at radius 2 is 2.07 bits per heavy atom. The summed E-state index contributed by atoms with van der Waals surface area (Å²) >= 11 is 0. The standard InChI is InChI=1S/C21H18N4O4S/c1-15(11-16-7-8-18-19(12-16)29-14-28-18)13-23-25(10-4-9-22)21-17-5-2-3-6-20(17)30(26,27)24-21/h2-3,5-8,11-13H,4,10,14H2,1H3/b15-11+,23-13+. The SMILES string of the molecule is CC(/C=N/N(CCC#N)C1=NS(=O)(=O)c2ccccc21)=C\c1ccc2c(c1)OCO2. The van der Waals surface area contributed by atoms with E-state index >= 15 is 0 Å². The lowest BCUT2D eigenvalue weighted by molar-refractivity contribution is 0.174. The van der Waals surface area contributed by atoms with Crippen molar-refractivity contribution in [3.63, 3.8) is 0 Å². The van der Waals surface area contributed by atoms with Crippen LogP contribution in [-0.4, -0.2) is 38.8 Å². The number of hydrazone groups is 1. The monoisotopic (exact) mass is 422 g/mol. The first-order valence-electron chi connectivity index (χ1n) is 9.19. The predicted octanol–water partition coefficient (Wildman–Crippen LogP) is 3.17. The molecule has 8 nitrogen and oxygen atoms in total. The Hall–Kier alpha value is -3.64. The predicted molar refractivity (Wildman–Crippen MR) is 112 cm³/mol. The van der Waals surface area contributed by atoms with Gasteiger partial charge in [-0.15, -0.1) is 4.40 Å². The van der Waals surface area contributed by atoms with Crippen molar-refractivity contribution in [2.75, 3.05) is 13.3 Å². The first-order chi connectivity index (χ1) is 14.5. The third-order valence-electron chi connectivity index (χ3n) is 4.48. The van der Waals surface area contributed by atoms with Crippen molar-refractivity contribution < 1.29 is 17.9 Å². The van der Waals surface area contributed by atoms with Crippen molar-refractivity contribution in [2.45, 2.75) is 18.2 Å². The number of hydrogen-bond donors (Lipinski definition) is 0. The fraction of sp³-hybridized carbons (Fsp3) is 0.190. The maximum Gasteiger partial charge on any atom is 0.285 e. The molecular formula is C21H18N4O4S. The van der Waals surface area contributed by atoms with E-state index in [4.69, 9.17) is 14.7 Å². The number of amidine groups is 1. The largest absolute Gasteiger partial charge is 0.454 e. The Balaban J connectivity index is 1.61. The summed E-state index contributed by atoms with van der Waals surface area (Å²) in [5.41, 5.74) is 2.22. The number of rotatable bonds is 5. The van der Waals surface area contributed by atoms with Crippen molar-refractivity contribution in [3.05, 3.63) is 59.2 Å². The summed E-state index contributed by atoms with van der Waals surface area (Å²) in [5.74, 6) is 1.61. The molecule has 0 unspecified atom stereocenters. The lowest BCUT2D eigenvalue weighted by atomic mass is 10.1. The van der Waals surface area contributed by atoms with Gasteiger partial charge in [0.2, 0.25) is 6.79 Å². The van der Waals surface area contributed by atoms with Crippen LogP contribution in [0.2, 0.25) is 0 Å². The molecule has 2 heterocycles. The smallest absolute Gasteiger partial charge is 0.285 e. The summed E-state index contributed by atoms with van der Waals surface area (Å²) in [6.45, 7) is 2.30. The van der Waals surface area contributed by atoms with E-state index in [-0.39, 0.29) is 30.5 Å². The van der Waals surface area contributed by atoms with Crippen LogP contribution in [0.3, 0.4) is 0 Å². The second-order valence-electron chi connectivity index (χ2n) is 6.66. The van der Waals surface area contributed by atoms with E-state index in [0.29, 0.717) is 17.1 Å². The van der Waals surface area contributed by atoms with Gasteiger partial charge in [0.25, 0.3) is 10.0 Å². The fourth-order valence-electron chi connectivity index (χ4n) is 3.11. The van der Waals surface area contributed by atoms with Crippen LogP contribution in [0.25, 0.3) is 6.08 Å². The second-order valence-corrected chi connectivity index (χ2v) is 8.24. The number of fused-ring (bicyclic) bond motifs is 2. The van der Waals surface area contributed by atoms with Gasteiger partial charge in [0.1, 0.15) is 4.90 Å². The molecule has 2 aromatic rings. The van der Waals surface area contributed by atoms with Gasteiger partial charge in [0.05, 0.1) is 25.2 Å². The highest BCUT2D eigenvalue weighted by Crippen LogP contribution is 2.33. The topological polar surface area (TPSA) is 104 Å². The number of hydrogen-bond acceptors (Lipinski definition) is 7. The van der Waals surface area contributed by atoms with Crippen molar-refractivity contribution in [2.24, 2.45) is 9.50 Å². The Kier molecular flexibility index (Phi) is 5.25. The molecule has 0 spiro atoms. The van der Waals surface area contributed by atoms with E-state index in [1.165, 1.54) is 11.1 Å². The molecule has 9 heteroatoms. The molecule has 0 radical (unpaired) electrons. The van der Waals surface area contributed by atoms with Gasteiger partial charge in [-0.1, -0.05) is 24.3 Å². The van der Waals surface area contributed by atoms with Crippen LogP contribution in [0.5, 0.6) is 11.5 Å². The van der Waals surface area contributed by atoms with Crippen LogP contribution in [0, 0.1) is 11.3 Å². The summed E-state index contributed by atoms with van der Waals surface area (Å²) in [5, 5.41) is 14.8. The third-order valence-corrected chi connectivity index (χ3v) is 5.81. The van der Waals surface area contributed by atoms with Crippen molar-refractivity contribution >= 4 is 28.1 Å². The summed E-state index contributed by atoms with van der Waals surface area (Å²) in [4.78, 5) is 0.143. The highest BCUT2D eigenvalue weighted by molar-refractivity contribution is 7.90. The Labute approximate surface area is 174 Å². The van der Waals surface area contributed by atoms with E-state index in [2.05, 4.69) is 15.6 Å². The Morgan fingerprint density at radius 3 is 2.90 bits per heavy atom. The molecule has 0 bridgehead atoms. The lowest BCUT2D eigenvalue weighted by Crippen LogP contribution is -2.27. The molecule has 0 atom stereocenters. The molecule has 0 amide bonds. The number of ether oxygens (including phenoxy) is 2. The molecule has 0 saturated heterocycles. The Morgan fingerprint density at radius 1 is 1.27 bits per heavy atom. The first-order valence-corrected chi connectivity index (χ1v) is 10.6. The van der Waals surface area contributed by atoms with E-state index < -0.39 is 10.0 Å². The Bertz CT molecular complexity index is 1230. The first kappa shape index (κ1) is 19.7. The quantitative estimate of drug-likeness (QED) is 0.541. The molecular weight excluding hydrogens is 404 g/mol. The van der Waals surface area contributed by atoms with Crippen LogP contribution in [0.15, 0.2) is 62.4 Å². The van der Waals surface area contributed by atoms with E-state index in [1.54, 1.807) is 24.4 Å². The van der Waals surface area contributed by atoms with Crippen LogP contribution in [-0.2, 0) is 10.0 Å². The van der Waals surface area contributed by atoms with Crippen LogP contribution in [0.4, 0.5) is 0 Å². The lowest BCUT2D eigenvalue weighted by Gasteiger charge is -2.17. The number of nitriles is 1. The normalized spacial score (nSPS) is 16.3. The van der Waals surface area contributed by atoms with Gasteiger partial charge < -0.3 is 9.47 Å². The highest BCUT2D eigenvalue weighted by Gasteiger charge is 2.31. The molecule has 0 N–H and O–H groups in total. The van der Waals surface area contributed by atoms with Gasteiger partial charge in [0, 0.05) is 5.56 Å². The van der Waals surface area contributed by atoms with Gasteiger partial charge in [0.15, 0.2) is 17.3 Å². The molecule has 0 aromatic heterocycles. The van der Waals surface area contributed by atoms with E-state index in [0.717, 1.165) is 11.1 Å². The van der Waals surface area contributed by atoms with Crippen molar-refractivity contribution in [1.29, 1.82) is 5.26 Å². The summed E-state index contributed by atoms with van der Waals surface area (Å²) < 4.78 is 39.3. The zero-order valence-electron chi connectivity index (χ0n) is 16.1. The van der Waals surface area contributed by atoms with Gasteiger partial charge in [-0.05, 0) is 42.3 Å². The maximum atomic E-state index is 12.3. The van der Waals surface area contributed by atoms with Gasteiger partial charge in [-0.2, -0.15) is 18.8 Å². The van der Waals surface area contributed by atoms with Crippen molar-refractivity contribution in [3.8, 4) is 17.6 Å². The average molecular weight is 422 g/mol. The minimum absolute atomic E-state index is 0.143. The van der Waals surface area contributed by atoms with Crippen LogP contribution in [0.1, 0.15) is 24.5 Å². The van der Waals surface area contributed by atoms with E-state index in [9.17, 15) is 8.42 Å². The molecule has 30 heavy (non-hydrogen) atoms. The summed E-state index contributed by atoms with van der Waals surface area (Å²) in [6.07, 6.45) is 3.69. The number of nitrogens with zero attached hydrogens (tertiary/aromatic N) is 4. The molecule has 2 aliphatic rings. The van der Waals surface area contributed by atoms with Crippen LogP contribution >= 0.6 is 0 Å². The minimum atomic E-state index is -3.77. The van der Waals surface area contributed by atoms with E-state index in [1.807, 2.05) is 31.2 Å². The zero-order chi connectivity index (χ0) is 21.1. The number of benzene rings is 2. The third kappa shape index (κ3) is 3.90. The zero-order valence-corrected chi connectivity index (χ0v) is 17.0. The van der Waals surface area contributed by atoms with Gasteiger partial charge in [-0.25, -0.2) is 5.01 Å². The molecule has 2 aromatic carbocycles. The highest BCUT2D eigenvalue weighted by atomic mass is 32.2. The summed E-state index contributed by atoms with van der Waals surface area (Å²) in [7, 11) is -3.77. The minimum Gasteiger partial charge on any atom is -0.454 e. The molecule has 152 valence electrons.